The summed E-state index contributed by atoms with van der Waals surface area (Å²) >= 11 is 4.74. The topological polar surface area (TPSA) is 52.0 Å². The Balaban J connectivity index is 0.000000561. The standard InChI is InChI=1S/C8H9NS.CH5N/c1-6-2-3-7(5-10)4-8(6)9;1-2/h2-5H,9H2,1H3;2H2,1H3. The van der Waals surface area contributed by atoms with Gasteiger partial charge in [0.25, 0.3) is 0 Å². The molecule has 0 aliphatic rings. The molecule has 1 aromatic rings. The van der Waals surface area contributed by atoms with E-state index in [2.05, 4.69) is 5.73 Å². The van der Waals surface area contributed by atoms with Gasteiger partial charge in [-0.05, 0) is 31.2 Å². The lowest BCUT2D eigenvalue weighted by molar-refractivity contribution is 1.47. The molecule has 0 bridgehead atoms. The zero-order valence-corrected chi connectivity index (χ0v) is 8.19. The molecule has 12 heavy (non-hydrogen) atoms. The average Bonchev–Trinajstić information content (AvgIpc) is 2.13. The van der Waals surface area contributed by atoms with Crippen LogP contribution in [-0.2, 0) is 0 Å². The van der Waals surface area contributed by atoms with Crippen molar-refractivity contribution in [2.75, 3.05) is 12.8 Å². The number of rotatable bonds is 1. The Bertz CT molecular complexity index is 259. The maximum atomic E-state index is 5.63. The summed E-state index contributed by atoms with van der Waals surface area (Å²) in [6.07, 6.45) is 0. The van der Waals surface area contributed by atoms with Crippen molar-refractivity contribution in [2.24, 2.45) is 5.73 Å². The second-order valence-corrected chi connectivity index (χ2v) is 2.47. The molecule has 0 fully saturated rings. The number of anilines is 1. The summed E-state index contributed by atoms with van der Waals surface area (Å²) in [7, 11) is 1.50. The van der Waals surface area contributed by atoms with Crippen LogP contribution in [0, 0.1) is 6.92 Å². The molecule has 0 radical (unpaired) electrons. The van der Waals surface area contributed by atoms with Crippen molar-refractivity contribution < 1.29 is 0 Å². The third kappa shape index (κ3) is 2.98. The highest BCUT2D eigenvalue weighted by atomic mass is 32.1. The fourth-order valence-corrected chi connectivity index (χ4v) is 0.879. The molecule has 0 aliphatic heterocycles. The fraction of sp³-hybridized carbons (Fsp3) is 0.222. The van der Waals surface area contributed by atoms with E-state index in [1.165, 1.54) is 7.05 Å². The summed E-state index contributed by atoms with van der Waals surface area (Å²) in [5.74, 6) is 0. The van der Waals surface area contributed by atoms with Crippen molar-refractivity contribution in [3.63, 3.8) is 0 Å². The van der Waals surface area contributed by atoms with E-state index >= 15 is 0 Å². The van der Waals surface area contributed by atoms with Crippen LogP contribution in [0.15, 0.2) is 18.2 Å². The minimum absolute atomic E-state index is 0.804. The first-order valence-corrected chi connectivity index (χ1v) is 4.10. The molecule has 0 saturated heterocycles. The van der Waals surface area contributed by atoms with E-state index in [1.54, 1.807) is 5.37 Å². The Morgan fingerprint density at radius 2 is 1.92 bits per heavy atom. The summed E-state index contributed by atoms with van der Waals surface area (Å²) in [4.78, 5) is 0. The second kappa shape index (κ2) is 5.69. The number of nitrogens with two attached hydrogens (primary N) is 2. The van der Waals surface area contributed by atoms with Crippen LogP contribution < -0.4 is 11.5 Å². The highest BCUT2D eigenvalue weighted by molar-refractivity contribution is 7.79. The van der Waals surface area contributed by atoms with Crippen molar-refractivity contribution in [2.45, 2.75) is 6.92 Å². The predicted octanol–water partition coefficient (Wildman–Crippen LogP) is 1.50. The Hall–Kier alpha value is -0.930. The third-order valence-electron chi connectivity index (χ3n) is 1.44. The van der Waals surface area contributed by atoms with Crippen molar-refractivity contribution in [1.82, 2.24) is 0 Å². The molecule has 0 amide bonds. The first-order valence-electron chi connectivity index (χ1n) is 3.63. The van der Waals surface area contributed by atoms with Crippen LogP contribution in [0.4, 0.5) is 5.69 Å². The Labute approximate surface area is 78.6 Å². The van der Waals surface area contributed by atoms with Gasteiger partial charge in [-0.25, -0.2) is 0 Å². The molecule has 0 aliphatic carbocycles. The predicted molar refractivity (Wildman–Crippen MR) is 58.5 cm³/mol. The third-order valence-corrected chi connectivity index (χ3v) is 1.71. The Morgan fingerprint density at radius 1 is 1.33 bits per heavy atom. The molecular weight excluding hydrogens is 168 g/mol. The van der Waals surface area contributed by atoms with Gasteiger partial charge in [0.15, 0.2) is 0 Å². The SMILES string of the molecule is CN.Cc1ccc(C=S)cc1N. The van der Waals surface area contributed by atoms with Crippen molar-refractivity contribution in [3.05, 3.63) is 29.3 Å². The Morgan fingerprint density at radius 3 is 2.33 bits per heavy atom. The highest BCUT2D eigenvalue weighted by Gasteiger charge is 1.91. The summed E-state index contributed by atoms with van der Waals surface area (Å²) < 4.78 is 0. The van der Waals surface area contributed by atoms with E-state index in [9.17, 15) is 0 Å². The smallest absolute Gasteiger partial charge is 0.0350 e. The molecule has 0 saturated carbocycles. The molecular formula is C9H14N2S. The van der Waals surface area contributed by atoms with Gasteiger partial charge in [-0.15, -0.1) is 0 Å². The fourth-order valence-electron chi connectivity index (χ4n) is 0.732. The van der Waals surface area contributed by atoms with Crippen LogP contribution >= 0.6 is 12.2 Å². The van der Waals surface area contributed by atoms with Crippen LogP contribution in [0.2, 0.25) is 0 Å². The summed E-state index contributed by atoms with van der Waals surface area (Å²) in [6.45, 7) is 1.97. The quantitative estimate of drug-likeness (QED) is 0.511. The van der Waals surface area contributed by atoms with Gasteiger partial charge >= 0.3 is 0 Å². The molecule has 0 heterocycles. The van der Waals surface area contributed by atoms with Gasteiger partial charge in [0.1, 0.15) is 0 Å². The lowest BCUT2D eigenvalue weighted by atomic mass is 10.1. The second-order valence-electron chi connectivity index (χ2n) is 2.23. The van der Waals surface area contributed by atoms with Gasteiger partial charge in [0.05, 0.1) is 0 Å². The zero-order valence-electron chi connectivity index (χ0n) is 7.37. The molecule has 2 nitrogen and oxygen atoms in total. The number of hydrogen-bond acceptors (Lipinski definition) is 3. The largest absolute Gasteiger partial charge is 0.398 e. The number of nitrogen functional groups attached to an aromatic ring is 1. The molecule has 1 rings (SSSR count). The van der Waals surface area contributed by atoms with E-state index in [1.807, 2.05) is 25.1 Å². The molecule has 0 spiro atoms. The lowest BCUT2D eigenvalue weighted by Gasteiger charge is -1.98. The molecule has 66 valence electrons. The minimum atomic E-state index is 0.804. The van der Waals surface area contributed by atoms with Crippen molar-refractivity contribution >= 4 is 23.3 Å². The lowest BCUT2D eigenvalue weighted by Crippen LogP contribution is -1.90. The van der Waals surface area contributed by atoms with Crippen LogP contribution in [0.3, 0.4) is 0 Å². The van der Waals surface area contributed by atoms with E-state index < -0.39 is 0 Å². The number of thiocarbonyl (C=S) groups is 1. The minimum Gasteiger partial charge on any atom is -0.398 e. The monoisotopic (exact) mass is 182 g/mol. The van der Waals surface area contributed by atoms with Crippen LogP contribution in [0.25, 0.3) is 0 Å². The van der Waals surface area contributed by atoms with Crippen molar-refractivity contribution in [1.29, 1.82) is 0 Å². The van der Waals surface area contributed by atoms with Gasteiger partial charge in [-0.2, -0.15) is 0 Å². The highest BCUT2D eigenvalue weighted by Crippen LogP contribution is 2.10. The molecule has 3 heteroatoms. The van der Waals surface area contributed by atoms with Crippen LogP contribution in [0.5, 0.6) is 0 Å². The molecule has 1 aromatic carbocycles. The van der Waals surface area contributed by atoms with Gasteiger partial charge < -0.3 is 11.5 Å². The normalized spacial score (nSPS) is 8.25. The van der Waals surface area contributed by atoms with E-state index in [0.717, 1.165) is 16.8 Å². The number of benzene rings is 1. The molecule has 0 atom stereocenters. The maximum Gasteiger partial charge on any atom is 0.0350 e. The van der Waals surface area contributed by atoms with Crippen molar-refractivity contribution in [3.8, 4) is 0 Å². The van der Waals surface area contributed by atoms with Crippen LogP contribution in [-0.4, -0.2) is 12.4 Å². The first-order chi connectivity index (χ1) is 5.74. The first kappa shape index (κ1) is 11.1. The van der Waals surface area contributed by atoms with Gasteiger partial charge in [0, 0.05) is 11.1 Å². The summed E-state index contributed by atoms with van der Waals surface area (Å²) in [6, 6.07) is 5.80. The Kier molecular flexibility index (Phi) is 5.25. The van der Waals surface area contributed by atoms with E-state index in [4.69, 9.17) is 18.0 Å². The summed E-state index contributed by atoms with van der Waals surface area (Å²) in [5, 5.41) is 1.62. The summed E-state index contributed by atoms with van der Waals surface area (Å²) in [5.41, 5.74) is 13.0. The van der Waals surface area contributed by atoms with Gasteiger partial charge in [-0.3, -0.25) is 0 Å². The average molecular weight is 182 g/mol. The van der Waals surface area contributed by atoms with E-state index in [-0.39, 0.29) is 0 Å². The molecule has 4 N–H and O–H groups in total. The van der Waals surface area contributed by atoms with Gasteiger partial charge in [-0.1, -0.05) is 24.4 Å². The van der Waals surface area contributed by atoms with Gasteiger partial charge in [0.2, 0.25) is 0 Å². The zero-order chi connectivity index (χ0) is 9.56. The molecule has 0 aromatic heterocycles. The van der Waals surface area contributed by atoms with E-state index in [0.29, 0.717) is 0 Å². The number of hydrogen-bond donors (Lipinski definition) is 2. The maximum absolute atomic E-state index is 5.63. The van der Waals surface area contributed by atoms with Crippen LogP contribution in [0.1, 0.15) is 11.1 Å². The molecule has 0 unspecified atom stereocenters. The number of aryl methyl sites for hydroxylation is 1.